The molecule has 2 amide bonds. The maximum absolute atomic E-state index is 13.0. The minimum Gasteiger partial charge on any atom is -0.363 e. The van der Waals surface area contributed by atoms with Crippen LogP contribution in [0.15, 0.2) is 72.1 Å². The molecule has 0 aliphatic rings. The second kappa shape index (κ2) is 8.85. The van der Waals surface area contributed by atoms with E-state index in [1.807, 2.05) is 60.7 Å². The number of carbonyl (C=O) groups excluding carboxylic acids is 3. The van der Waals surface area contributed by atoms with Crippen LogP contribution in [0, 0.1) is 0 Å². The van der Waals surface area contributed by atoms with E-state index in [1.165, 1.54) is 0 Å². The molecule has 0 spiro atoms. The number of nitrogens with two attached hydrogens (primary N) is 1. The molecular weight excluding hydrogens is 412 g/mol. The first-order valence-corrected chi connectivity index (χ1v) is 10.4. The van der Waals surface area contributed by atoms with Crippen LogP contribution >= 0.6 is 11.5 Å². The predicted molar refractivity (Wildman–Crippen MR) is 118 cm³/mol. The van der Waals surface area contributed by atoms with Crippen LogP contribution in [-0.4, -0.2) is 33.0 Å². The molecule has 0 aliphatic carbocycles. The molecule has 4 aromatic rings. The van der Waals surface area contributed by atoms with Gasteiger partial charge in [0.2, 0.25) is 5.78 Å². The lowest BCUT2D eigenvalue weighted by atomic mass is 10.0. The van der Waals surface area contributed by atoms with E-state index in [0.717, 1.165) is 28.0 Å². The van der Waals surface area contributed by atoms with Gasteiger partial charge in [-0.15, -0.1) is 0 Å². The highest BCUT2D eigenvalue weighted by Gasteiger charge is 2.27. The molecular formula is C23H18N4O3S. The number of Topliss-reactive ketones (excluding diaryl/α,β-unsaturated/α-hetero) is 1. The van der Waals surface area contributed by atoms with Crippen molar-refractivity contribution >= 4 is 40.0 Å². The predicted octanol–water partition coefficient (Wildman–Crippen LogP) is 2.75. The molecule has 3 N–H and O–H groups in total. The van der Waals surface area contributed by atoms with Crippen molar-refractivity contribution in [1.82, 2.24) is 14.7 Å². The fourth-order valence-electron chi connectivity index (χ4n) is 3.25. The highest BCUT2D eigenvalue weighted by Crippen LogP contribution is 2.25. The van der Waals surface area contributed by atoms with Crippen molar-refractivity contribution in [3.8, 4) is 11.4 Å². The monoisotopic (exact) mass is 430 g/mol. The number of pyridine rings is 1. The molecule has 2 aromatic heterocycles. The van der Waals surface area contributed by atoms with E-state index in [2.05, 4.69) is 14.7 Å². The number of primary amides is 1. The molecule has 0 saturated heterocycles. The van der Waals surface area contributed by atoms with Crippen molar-refractivity contribution in [2.45, 2.75) is 12.5 Å². The lowest BCUT2D eigenvalue weighted by molar-refractivity contribution is -0.137. The second-order valence-corrected chi connectivity index (χ2v) is 7.54. The van der Waals surface area contributed by atoms with Gasteiger partial charge in [-0.2, -0.15) is 4.37 Å². The summed E-state index contributed by atoms with van der Waals surface area (Å²) in [6, 6.07) is 19.4. The maximum atomic E-state index is 13.0. The van der Waals surface area contributed by atoms with Crippen LogP contribution in [0.1, 0.15) is 15.9 Å². The highest BCUT2D eigenvalue weighted by atomic mass is 32.1. The van der Waals surface area contributed by atoms with E-state index in [0.29, 0.717) is 11.4 Å². The van der Waals surface area contributed by atoms with Gasteiger partial charge in [-0.1, -0.05) is 54.6 Å². The van der Waals surface area contributed by atoms with E-state index >= 15 is 0 Å². The summed E-state index contributed by atoms with van der Waals surface area (Å²) < 4.78 is 4.33. The third-order valence-corrected chi connectivity index (χ3v) is 5.43. The van der Waals surface area contributed by atoms with E-state index in [4.69, 9.17) is 5.73 Å². The Morgan fingerprint density at radius 1 is 0.968 bits per heavy atom. The number of nitrogens with zero attached hydrogens (tertiary/aromatic N) is 2. The Morgan fingerprint density at radius 2 is 1.71 bits per heavy atom. The number of rotatable bonds is 7. The molecule has 31 heavy (non-hydrogen) atoms. The van der Waals surface area contributed by atoms with Gasteiger partial charge in [-0.3, -0.25) is 14.4 Å². The van der Waals surface area contributed by atoms with E-state index in [9.17, 15) is 14.4 Å². The summed E-state index contributed by atoms with van der Waals surface area (Å²) in [7, 11) is 0. The third kappa shape index (κ3) is 4.49. The lowest BCUT2D eigenvalue weighted by Crippen LogP contribution is -2.47. The van der Waals surface area contributed by atoms with Crippen molar-refractivity contribution in [2.75, 3.05) is 0 Å². The standard InChI is InChI=1S/C23H18N4O3S/c24-22(29)21(28)19(12-14-6-2-1-3-7-14)26-23(30)16-13-31-27-20(16)18-11-10-15-8-4-5-9-17(15)25-18/h1-11,13,19H,12H2,(H2,24,29)(H,26,30). The molecule has 1 unspecified atom stereocenters. The van der Waals surface area contributed by atoms with Gasteiger partial charge in [-0.05, 0) is 29.2 Å². The Morgan fingerprint density at radius 3 is 2.48 bits per heavy atom. The quantitative estimate of drug-likeness (QED) is 0.438. The molecule has 0 radical (unpaired) electrons. The topological polar surface area (TPSA) is 115 Å². The zero-order chi connectivity index (χ0) is 21.8. The van der Waals surface area contributed by atoms with Crippen molar-refractivity contribution in [2.24, 2.45) is 5.73 Å². The Balaban J connectivity index is 1.61. The molecule has 0 bridgehead atoms. The van der Waals surface area contributed by atoms with Crippen LogP contribution in [0.25, 0.3) is 22.3 Å². The van der Waals surface area contributed by atoms with Crippen LogP contribution in [0.3, 0.4) is 0 Å². The Kier molecular flexibility index (Phi) is 5.81. The van der Waals surface area contributed by atoms with Crippen molar-refractivity contribution in [1.29, 1.82) is 0 Å². The van der Waals surface area contributed by atoms with Crippen LogP contribution in [0.5, 0.6) is 0 Å². The number of carbonyl (C=O) groups is 3. The summed E-state index contributed by atoms with van der Waals surface area (Å²) in [6.45, 7) is 0. The summed E-state index contributed by atoms with van der Waals surface area (Å²) in [6.07, 6.45) is 0.148. The third-order valence-electron chi connectivity index (χ3n) is 4.80. The first kappa shape index (κ1) is 20.4. The second-order valence-electron chi connectivity index (χ2n) is 6.91. The number of ketones is 1. The number of hydrogen-bond acceptors (Lipinski definition) is 6. The molecule has 154 valence electrons. The van der Waals surface area contributed by atoms with Gasteiger partial charge in [0, 0.05) is 17.2 Å². The molecule has 0 aliphatic heterocycles. The van der Waals surface area contributed by atoms with Crippen LogP contribution in [0.2, 0.25) is 0 Å². The fourth-order valence-corrected chi connectivity index (χ4v) is 3.92. The summed E-state index contributed by atoms with van der Waals surface area (Å²) in [5.41, 5.74) is 8.02. The molecule has 1 atom stereocenters. The molecule has 0 fully saturated rings. The molecule has 8 heteroatoms. The van der Waals surface area contributed by atoms with Crippen molar-refractivity contribution < 1.29 is 14.4 Å². The van der Waals surface area contributed by atoms with Gasteiger partial charge in [0.25, 0.3) is 11.8 Å². The number of amides is 2. The first-order valence-electron chi connectivity index (χ1n) is 9.52. The largest absolute Gasteiger partial charge is 0.363 e. The molecule has 2 aromatic carbocycles. The average Bonchev–Trinajstić information content (AvgIpc) is 3.28. The highest BCUT2D eigenvalue weighted by molar-refractivity contribution is 7.04. The summed E-state index contributed by atoms with van der Waals surface area (Å²) >= 11 is 1.11. The summed E-state index contributed by atoms with van der Waals surface area (Å²) in [5, 5.41) is 5.21. The Bertz CT molecular complexity index is 1270. The van der Waals surface area contributed by atoms with Gasteiger partial charge in [0.05, 0.1) is 16.8 Å². The Labute approximate surface area is 182 Å². The van der Waals surface area contributed by atoms with Gasteiger partial charge >= 0.3 is 0 Å². The number of para-hydroxylation sites is 1. The SMILES string of the molecule is NC(=O)C(=O)C(Cc1ccccc1)NC(=O)c1csnc1-c1ccc2ccccc2n1. The van der Waals surface area contributed by atoms with Gasteiger partial charge in [0.15, 0.2) is 0 Å². The lowest BCUT2D eigenvalue weighted by Gasteiger charge is -2.16. The molecule has 7 nitrogen and oxygen atoms in total. The minimum absolute atomic E-state index is 0.148. The maximum Gasteiger partial charge on any atom is 0.287 e. The van der Waals surface area contributed by atoms with Gasteiger partial charge in [0.1, 0.15) is 11.7 Å². The fraction of sp³-hybridized carbons (Fsp3) is 0.0870. The molecule has 0 saturated carbocycles. The Hall–Kier alpha value is -3.91. The van der Waals surface area contributed by atoms with Crippen molar-refractivity contribution in [3.05, 3.63) is 83.2 Å². The average molecular weight is 430 g/mol. The van der Waals surface area contributed by atoms with Gasteiger partial charge < -0.3 is 11.1 Å². The zero-order valence-corrected chi connectivity index (χ0v) is 17.1. The first-order chi connectivity index (χ1) is 15.0. The number of benzene rings is 2. The molecule has 2 heterocycles. The normalized spacial score (nSPS) is 11.7. The van der Waals surface area contributed by atoms with E-state index in [1.54, 1.807) is 11.4 Å². The zero-order valence-electron chi connectivity index (χ0n) is 16.3. The van der Waals surface area contributed by atoms with E-state index < -0.39 is 23.6 Å². The van der Waals surface area contributed by atoms with Crippen LogP contribution in [0.4, 0.5) is 0 Å². The summed E-state index contributed by atoms with van der Waals surface area (Å²) in [4.78, 5) is 41.5. The smallest absolute Gasteiger partial charge is 0.287 e. The number of aromatic nitrogens is 2. The number of nitrogens with one attached hydrogen (secondary N) is 1. The number of hydrogen-bond donors (Lipinski definition) is 2. The van der Waals surface area contributed by atoms with Crippen LogP contribution in [-0.2, 0) is 16.0 Å². The summed E-state index contributed by atoms with van der Waals surface area (Å²) in [5.74, 6) is -2.47. The van der Waals surface area contributed by atoms with E-state index in [-0.39, 0.29) is 12.0 Å². The van der Waals surface area contributed by atoms with Crippen molar-refractivity contribution in [3.63, 3.8) is 0 Å². The number of fused-ring (bicyclic) bond motifs is 1. The molecule has 4 rings (SSSR count). The van der Waals surface area contributed by atoms with Crippen LogP contribution < -0.4 is 11.1 Å². The van der Waals surface area contributed by atoms with Gasteiger partial charge in [-0.25, -0.2) is 4.98 Å². The minimum atomic E-state index is -1.10.